The zero-order valence-electron chi connectivity index (χ0n) is 17.5. The van der Waals surface area contributed by atoms with Gasteiger partial charge in [0.15, 0.2) is 12.3 Å². The van der Waals surface area contributed by atoms with E-state index >= 15 is 0 Å². The van der Waals surface area contributed by atoms with Crippen LogP contribution in [0, 0.1) is 12.7 Å². The number of hydrogen-bond donors (Lipinski definition) is 0. The summed E-state index contributed by atoms with van der Waals surface area (Å²) in [5.41, 5.74) is 1.99. The van der Waals surface area contributed by atoms with Crippen molar-refractivity contribution >= 4 is 17.5 Å². The number of hydrogen-bond acceptors (Lipinski definition) is 5. The smallest absolute Gasteiger partial charge is 0.344 e. The highest BCUT2D eigenvalue weighted by atomic mass is 19.1. The maximum atomic E-state index is 13.3. The van der Waals surface area contributed by atoms with Crippen LogP contribution in [0.3, 0.4) is 0 Å². The van der Waals surface area contributed by atoms with Gasteiger partial charge in [0.25, 0.3) is 5.91 Å². The van der Waals surface area contributed by atoms with Gasteiger partial charge in [0.2, 0.25) is 0 Å². The van der Waals surface area contributed by atoms with E-state index in [-0.39, 0.29) is 29.9 Å². The Morgan fingerprint density at radius 1 is 1.19 bits per heavy atom. The Kier molecular flexibility index (Phi) is 6.25. The van der Waals surface area contributed by atoms with Crippen molar-refractivity contribution in [2.24, 2.45) is 0 Å². The van der Waals surface area contributed by atoms with Crippen molar-refractivity contribution in [1.29, 1.82) is 0 Å². The van der Waals surface area contributed by atoms with E-state index in [1.807, 2.05) is 0 Å². The molecule has 0 N–H and O–H groups in total. The third-order valence-corrected chi connectivity index (χ3v) is 5.70. The standard InChI is InChI=1S/C23H25FN4O3/c1-16-21(22-25-12-5-13-28(22)26-16)23(30)31-15-20(29)27(19-6-3-2-4-7-19)14-17-8-10-18(24)11-9-17/h5,8-13,19H,2-4,6-7,14-15H2,1H3. The number of amides is 1. The van der Waals surface area contributed by atoms with E-state index in [0.29, 0.717) is 17.9 Å². The summed E-state index contributed by atoms with van der Waals surface area (Å²) < 4.78 is 20.2. The molecule has 2 aromatic heterocycles. The van der Waals surface area contributed by atoms with Gasteiger partial charge in [-0.3, -0.25) is 4.79 Å². The van der Waals surface area contributed by atoms with Crippen molar-refractivity contribution in [3.05, 3.63) is 65.4 Å². The minimum atomic E-state index is -0.620. The van der Waals surface area contributed by atoms with Gasteiger partial charge in [0, 0.05) is 25.0 Å². The topological polar surface area (TPSA) is 76.8 Å². The number of aryl methyl sites for hydroxylation is 1. The number of fused-ring (bicyclic) bond motifs is 1. The summed E-state index contributed by atoms with van der Waals surface area (Å²) in [6, 6.07) is 7.94. The zero-order valence-corrected chi connectivity index (χ0v) is 17.5. The molecule has 3 aromatic rings. The third-order valence-electron chi connectivity index (χ3n) is 5.70. The lowest BCUT2D eigenvalue weighted by Crippen LogP contribution is -2.43. The van der Waals surface area contributed by atoms with E-state index in [0.717, 1.165) is 37.7 Å². The van der Waals surface area contributed by atoms with Crippen LogP contribution in [-0.2, 0) is 16.1 Å². The molecule has 7 nitrogen and oxygen atoms in total. The monoisotopic (exact) mass is 424 g/mol. The van der Waals surface area contributed by atoms with Crippen LogP contribution in [0.1, 0.15) is 53.7 Å². The summed E-state index contributed by atoms with van der Waals surface area (Å²) in [6.07, 6.45) is 8.38. The quantitative estimate of drug-likeness (QED) is 0.564. The average molecular weight is 424 g/mol. The van der Waals surface area contributed by atoms with E-state index in [4.69, 9.17) is 4.74 Å². The highest BCUT2D eigenvalue weighted by molar-refractivity contribution is 5.98. The summed E-state index contributed by atoms with van der Waals surface area (Å²) >= 11 is 0. The Hall–Kier alpha value is -3.29. The number of aromatic nitrogens is 3. The Balaban J connectivity index is 1.48. The third kappa shape index (κ3) is 4.73. The first-order valence-corrected chi connectivity index (χ1v) is 10.5. The fourth-order valence-corrected chi connectivity index (χ4v) is 4.12. The van der Waals surface area contributed by atoms with Crippen molar-refractivity contribution in [3.8, 4) is 0 Å². The minimum Gasteiger partial charge on any atom is -0.452 e. The van der Waals surface area contributed by atoms with Crippen LogP contribution in [0.25, 0.3) is 5.65 Å². The summed E-state index contributed by atoms with van der Waals surface area (Å²) in [7, 11) is 0. The van der Waals surface area contributed by atoms with Gasteiger partial charge >= 0.3 is 5.97 Å². The summed E-state index contributed by atoms with van der Waals surface area (Å²) in [4.78, 5) is 31.7. The molecular weight excluding hydrogens is 399 g/mol. The molecule has 31 heavy (non-hydrogen) atoms. The molecule has 0 radical (unpaired) electrons. The van der Waals surface area contributed by atoms with Gasteiger partial charge in [-0.1, -0.05) is 31.4 Å². The fourth-order valence-electron chi connectivity index (χ4n) is 4.12. The molecule has 1 fully saturated rings. The number of esters is 1. The number of halogens is 1. The minimum absolute atomic E-state index is 0.0883. The van der Waals surface area contributed by atoms with Crippen LogP contribution in [-0.4, -0.2) is 44.0 Å². The molecule has 4 rings (SSSR count). The molecule has 1 aliphatic carbocycles. The molecule has 1 amide bonds. The van der Waals surface area contributed by atoms with E-state index in [1.165, 1.54) is 16.6 Å². The first-order valence-electron chi connectivity index (χ1n) is 10.5. The molecule has 1 saturated carbocycles. The molecule has 2 heterocycles. The Morgan fingerprint density at radius 3 is 2.68 bits per heavy atom. The second kappa shape index (κ2) is 9.24. The van der Waals surface area contributed by atoms with Crippen LogP contribution >= 0.6 is 0 Å². The molecule has 0 bridgehead atoms. The predicted octanol–water partition coefficient (Wildman–Crippen LogP) is 3.70. The maximum absolute atomic E-state index is 13.3. The van der Waals surface area contributed by atoms with Crippen molar-refractivity contribution in [2.75, 3.05) is 6.61 Å². The van der Waals surface area contributed by atoms with Gasteiger partial charge in [-0.25, -0.2) is 18.7 Å². The van der Waals surface area contributed by atoms with Crippen LogP contribution in [0.5, 0.6) is 0 Å². The van der Waals surface area contributed by atoms with Crippen LogP contribution in [0.2, 0.25) is 0 Å². The number of rotatable bonds is 6. The van der Waals surface area contributed by atoms with Gasteiger partial charge in [-0.15, -0.1) is 0 Å². The van der Waals surface area contributed by atoms with E-state index in [2.05, 4.69) is 10.1 Å². The highest BCUT2D eigenvalue weighted by Gasteiger charge is 2.27. The zero-order chi connectivity index (χ0) is 21.8. The first kappa shape index (κ1) is 21.0. The van der Waals surface area contributed by atoms with Gasteiger partial charge in [-0.2, -0.15) is 5.10 Å². The Bertz CT molecular complexity index is 1070. The lowest BCUT2D eigenvalue weighted by atomic mass is 9.93. The first-order chi connectivity index (χ1) is 15.0. The van der Waals surface area contributed by atoms with Crippen LogP contribution in [0.4, 0.5) is 4.39 Å². The van der Waals surface area contributed by atoms with Crippen molar-refractivity contribution in [2.45, 2.75) is 51.6 Å². The second-order valence-electron chi connectivity index (χ2n) is 7.86. The molecule has 0 saturated heterocycles. The Morgan fingerprint density at radius 2 is 1.94 bits per heavy atom. The molecule has 1 aliphatic rings. The highest BCUT2D eigenvalue weighted by Crippen LogP contribution is 2.25. The number of carbonyl (C=O) groups excluding carboxylic acids is 2. The van der Waals surface area contributed by atoms with Crippen molar-refractivity contribution < 1.29 is 18.7 Å². The molecule has 8 heteroatoms. The predicted molar refractivity (Wildman–Crippen MR) is 112 cm³/mol. The van der Waals surface area contributed by atoms with E-state index in [1.54, 1.807) is 42.4 Å². The molecule has 1 aromatic carbocycles. The molecular formula is C23H25FN4O3. The van der Waals surface area contributed by atoms with Crippen LogP contribution < -0.4 is 0 Å². The molecule has 0 aliphatic heterocycles. The van der Waals surface area contributed by atoms with Crippen molar-refractivity contribution in [3.63, 3.8) is 0 Å². The number of ether oxygens (including phenoxy) is 1. The summed E-state index contributed by atoms with van der Waals surface area (Å²) in [5, 5.41) is 4.26. The van der Waals surface area contributed by atoms with Gasteiger partial charge in [0.05, 0.1) is 5.69 Å². The van der Waals surface area contributed by atoms with Crippen molar-refractivity contribution in [1.82, 2.24) is 19.5 Å². The fraction of sp³-hybridized carbons (Fsp3) is 0.391. The number of benzene rings is 1. The second-order valence-corrected chi connectivity index (χ2v) is 7.86. The number of nitrogens with zero attached hydrogens (tertiary/aromatic N) is 4. The molecule has 0 spiro atoms. The molecule has 0 atom stereocenters. The maximum Gasteiger partial charge on any atom is 0.344 e. The summed E-state index contributed by atoms with van der Waals surface area (Å²) in [5.74, 6) is -1.19. The van der Waals surface area contributed by atoms with Gasteiger partial charge in [0.1, 0.15) is 11.4 Å². The average Bonchev–Trinajstić information content (AvgIpc) is 3.13. The summed E-state index contributed by atoms with van der Waals surface area (Å²) in [6.45, 7) is 1.70. The van der Waals surface area contributed by atoms with Crippen LogP contribution in [0.15, 0.2) is 42.7 Å². The van der Waals surface area contributed by atoms with Gasteiger partial charge in [-0.05, 0) is 43.5 Å². The van der Waals surface area contributed by atoms with Gasteiger partial charge < -0.3 is 9.64 Å². The lowest BCUT2D eigenvalue weighted by molar-refractivity contribution is -0.138. The molecule has 0 unspecified atom stereocenters. The largest absolute Gasteiger partial charge is 0.452 e. The molecule has 162 valence electrons. The SMILES string of the molecule is Cc1nn2cccnc2c1C(=O)OCC(=O)N(Cc1ccc(F)cc1)C1CCCCC1. The van der Waals surface area contributed by atoms with E-state index in [9.17, 15) is 14.0 Å². The van der Waals surface area contributed by atoms with E-state index < -0.39 is 5.97 Å². The number of carbonyl (C=O) groups is 2. The Labute approximate surface area is 179 Å². The lowest BCUT2D eigenvalue weighted by Gasteiger charge is -2.34. The normalized spacial score (nSPS) is 14.5.